The van der Waals surface area contributed by atoms with Gasteiger partial charge in [-0.2, -0.15) is 0 Å². The molecule has 4 heteroatoms. The summed E-state index contributed by atoms with van der Waals surface area (Å²) >= 11 is 5.85. The highest BCUT2D eigenvalue weighted by Crippen LogP contribution is 2.26. The minimum atomic E-state index is 0.666. The summed E-state index contributed by atoms with van der Waals surface area (Å²) < 4.78 is 5.05. The maximum Gasteiger partial charge on any atom is 0.0637 e. The number of halogens is 1. The molecule has 0 saturated carbocycles. The van der Waals surface area contributed by atoms with Gasteiger partial charge in [-0.05, 0) is 25.1 Å². The molecule has 0 bridgehead atoms. The summed E-state index contributed by atoms with van der Waals surface area (Å²) in [5, 5.41) is 0.666. The molecule has 15 heavy (non-hydrogen) atoms. The summed E-state index contributed by atoms with van der Waals surface area (Å²) in [4.78, 5) is 2.16. The summed E-state index contributed by atoms with van der Waals surface area (Å²) in [6.07, 6.45) is 0. The van der Waals surface area contributed by atoms with Crippen LogP contribution in [0, 0.1) is 0 Å². The minimum Gasteiger partial charge on any atom is -0.397 e. The average Bonchev–Trinajstić information content (AvgIpc) is 2.21. The Bertz CT molecular complexity index is 317. The highest BCUT2D eigenvalue weighted by Gasteiger charge is 2.07. The van der Waals surface area contributed by atoms with Gasteiger partial charge in [0.15, 0.2) is 0 Å². The smallest absolute Gasteiger partial charge is 0.0637 e. The van der Waals surface area contributed by atoms with Crippen molar-refractivity contribution < 1.29 is 4.74 Å². The molecule has 1 aromatic carbocycles. The van der Waals surface area contributed by atoms with Gasteiger partial charge in [0.25, 0.3) is 0 Å². The molecule has 0 saturated heterocycles. The molecule has 0 atom stereocenters. The Morgan fingerprint density at radius 2 is 2.20 bits per heavy atom. The lowest BCUT2D eigenvalue weighted by Gasteiger charge is -2.24. The van der Waals surface area contributed by atoms with Gasteiger partial charge < -0.3 is 15.4 Å². The Labute approximate surface area is 95.8 Å². The SMILES string of the molecule is CCN(CCOC)c1ccc(Cl)cc1N. The van der Waals surface area contributed by atoms with Gasteiger partial charge in [0, 0.05) is 25.2 Å². The summed E-state index contributed by atoms with van der Waals surface area (Å²) in [6, 6.07) is 5.56. The third-order valence-electron chi connectivity index (χ3n) is 2.28. The van der Waals surface area contributed by atoms with Crippen molar-refractivity contribution in [3.8, 4) is 0 Å². The van der Waals surface area contributed by atoms with E-state index in [0.29, 0.717) is 17.3 Å². The second-order valence-corrected chi connectivity index (χ2v) is 3.71. The highest BCUT2D eigenvalue weighted by atomic mass is 35.5. The van der Waals surface area contributed by atoms with Crippen molar-refractivity contribution in [1.82, 2.24) is 0 Å². The maximum absolute atomic E-state index is 5.90. The molecule has 0 amide bonds. The average molecular weight is 229 g/mol. The first-order valence-corrected chi connectivity index (χ1v) is 5.35. The van der Waals surface area contributed by atoms with E-state index in [0.717, 1.165) is 18.8 Å². The van der Waals surface area contributed by atoms with E-state index in [9.17, 15) is 0 Å². The zero-order valence-corrected chi connectivity index (χ0v) is 9.92. The number of methoxy groups -OCH3 is 1. The number of benzene rings is 1. The van der Waals surface area contributed by atoms with Crippen molar-refractivity contribution >= 4 is 23.0 Å². The Hall–Kier alpha value is -0.930. The number of anilines is 2. The van der Waals surface area contributed by atoms with Crippen LogP contribution >= 0.6 is 11.6 Å². The lowest BCUT2D eigenvalue weighted by Crippen LogP contribution is -2.27. The Balaban J connectivity index is 2.81. The predicted molar refractivity (Wildman–Crippen MR) is 65.6 cm³/mol. The van der Waals surface area contributed by atoms with Crippen LogP contribution in [-0.2, 0) is 4.74 Å². The van der Waals surface area contributed by atoms with Crippen LogP contribution in [0.2, 0.25) is 5.02 Å². The first-order chi connectivity index (χ1) is 7.19. The van der Waals surface area contributed by atoms with Gasteiger partial charge in [-0.1, -0.05) is 11.6 Å². The first-order valence-electron chi connectivity index (χ1n) is 4.98. The summed E-state index contributed by atoms with van der Waals surface area (Å²) in [5.74, 6) is 0. The molecule has 0 aromatic heterocycles. The fourth-order valence-corrected chi connectivity index (χ4v) is 1.64. The van der Waals surface area contributed by atoms with E-state index in [1.807, 2.05) is 12.1 Å². The van der Waals surface area contributed by atoms with E-state index in [4.69, 9.17) is 22.1 Å². The predicted octanol–water partition coefficient (Wildman–Crippen LogP) is 2.39. The highest BCUT2D eigenvalue weighted by molar-refractivity contribution is 6.31. The second kappa shape index (κ2) is 5.83. The number of nitrogens with zero attached hydrogens (tertiary/aromatic N) is 1. The normalized spacial score (nSPS) is 10.3. The molecular weight excluding hydrogens is 212 g/mol. The Morgan fingerprint density at radius 3 is 2.73 bits per heavy atom. The number of nitrogens with two attached hydrogens (primary N) is 1. The second-order valence-electron chi connectivity index (χ2n) is 3.28. The molecule has 0 unspecified atom stereocenters. The molecule has 84 valence electrons. The van der Waals surface area contributed by atoms with Gasteiger partial charge in [0.1, 0.15) is 0 Å². The molecule has 0 aliphatic carbocycles. The van der Waals surface area contributed by atoms with Crippen LogP contribution in [-0.4, -0.2) is 26.8 Å². The largest absolute Gasteiger partial charge is 0.397 e. The zero-order valence-electron chi connectivity index (χ0n) is 9.16. The van der Waals surface area contributed by atoms with Crippen LogP contribution in [0.4, 0.5) is 11.4 Å². The Kier molecular flexibility index (Phi) is 4.72. The molecule has 0 fully saturated rings. The topological polar surface area (TPSA) is 38.5 Å². The third kappa shape index (κ3) is 3.29. The number of nitrogen functional groups attached to an aromatic ring is 1. The van der Waals surface area contributed by atoms with E-state index >= 15 is 0 Å². The third-order valence-corrected chi connectivity index (χ3v) is 2.51. The molecule has 3 nitrogen and oxygen atoms in total. The van der Waals surface area contributed by atoms with Crippen LogP contribution < -0.4 is 10.6 Å². The van der Waals surface area contributed by atoms with E-state index in [1.165, 1.54) is 0 Å². The fourth-order valence-electron chi connectivity index (χ4n) is 1.46. The van der Waals surface area contributed by atoms with E-state index < -0.39 is 0 Å². The van der Waals surface area contributed by atoms with E-state index in [1.54, 1.807) is 13.2 Å². The monoisotopic (exact) mass is 228 g/mol. The molecular formula is C11H17ClN2O. The van der Waals surface area contributed by atoms with Crippen LogP contribution in [0.1, 0.15) is 6.92 Å². The molecule has 0 radical (unpaired) electrons. The van der Waals surface area contributed by atoms with Crippen molar-refractivity contribution in [2.75, 3.05) is 37.4 Å². The van der Waals surface area contributed by atoms with Crippen LogP contribution in [0.3, 0.4) is 0 Å². The van der Waals surface area contributed by atoms with Gasteiger partial charge in [0.05, 0.1) is 18.0 Å². The molecule has 2 N–H and O–H groups in total. The van der Waals surface area contributed by atoms with Gasteiger partial charge in [0.2, 0.25) is 0 Å². The van der Waals surface area contributed by atoms with Crippen LogP contribution in [0.5, 0.6) is 0 Å². The maximum atomic E-state index is 5.90. The standard InChI is InChI=1S/C11H17ClN2O/c1-3-14(6-7-15-2)11-5-4-9(12)8-10(11)13/h4-5,8H,3,6-7,13H2,1-2H3. The van der Waals surface area contributed by atoms with Crippen molar-refractivity contribution in [3.63, 3.8) is 0 Å². The van der Waals surface area contributed by atoms with E-state index in [2.05, 4.69) is 11.8 Å². The summed E-state index contributed by atoms with van der Waals surface area (Å²) in [7, 11) is 1.69. The number of ether oxygens (including phenoxy) is 1. The van der Waals surface area contributed by atoms with Crippen molar-refractivity contribution in [2.24, 2.45) is 0 Å². The zero-order chi connectivity index (χ0) is 11.3. The number of rotatable bonds is 5. The van der Waals surface area contributed by atoms with Crippen molar-refractivity contribution in [2.45, 2.75) is 6.92 Å². The van der Waals surface area contributed by atoms with Crippen LogP contribution in [0.25, 0.3) is 0 Å². The molecule has 0 spiro atoms. The minimum absolute atomic E-state index is 0.666. The summed E-state index contributed by atoms with van der Waals surface area (Å²) in [6.45, 7) is 4.51. The molecule has 1 aromatic rings. The lowest BCUT2D eigenvalue weighted by molar-refractivity contribution is 0.205. The van der Waals surface area contributed by atoms with Gasteiger partial charge in [-0.15, -0.1) is 0 Å². The first kappa shape index (κ1) is 12.1. The summed E-state index contributed by atoms with van der Waals surface area (Å²) in [5.41, 5.74) is 7.62. The lowest BCUT2D eigenvalue weighted by atomic mass is 10.2. The molecule has 0 aliphatic heterocycles. The molecule has 0 aliphatic rings. The quantitative estimate of drug-likeness (QED) is 0.787. The van der Waals surface area contributed by atoms with E-state index in [-0.39, 0.29) is 0 Å². The van der Waals surface area contributed by atoms with Gasteiger partial charge in [-0.3, -0.25) is 0 Å². The fraction of sp³-hybridized carbons (Fsp3) is 0.455. The van der Waals surface area contributed by atoms with Gasteiger partial charge >= 0.3 is 0 Å². The molecule has 1 rings (SSSR count). The van der Waals surface area contributed by atoms with Crippen LogP contribution in [0.15, 0.2) is 18.2 Å². The van der Waals surface area contributed by atoms with Crippen molar-refractivity contribution in [1.29, 1.82) is 0 Å². The number of hydrogen-bond donors (Lipinski definition) is 1. The van der Waals surface area contributed by atoms with Gasteiger partial charge in [-0.25, -0.2) is 0 Å². The van der Waals surface area contributed by atoms with Crippen molar-refractivity contribution in [3.05, 3.63) is 23.2 Å². The molecule has 0 heterocycles. The number of hydrogen-bond acceptors (Lipinski definition) is 3. The number of likely N-dealkylation sites (N-methyl/N-ethyl adjacent to an activating group) is 1. The Morgan fingerprint density at radius 1 is 1.47 bits per heavy atom.